The highest BCUT2D eigenvalue weighted by molar-refractivity contribution is 5.95. The van der Waals surface area contributed by atoms with Gasteiger partial charge in [0.05, 0.1) is 6.61 Å². The molecule has 0 aromatic heterocycles. The van der Waals surface area contributed by atoms with E-state index in [0.29, 0.717) is 24.3 Å². The van der Waals surface area contributed by atoms with E-state index in [2.05, 4.69) is 10.6 Å². The first-order valence-electron chi connectivity index (χ1n) is 7.52. The Morgan fingerprint density at radius 3 is 2.74 bits per heavy atom. The van der Waals surface area contributed by atoms with Gasteiger partial charge < -0.3 is 15.4 Å². The van der Waals surface area contributed by atoms with Crippen molar-refractivity contribution in [3.63, 3.8) is 0 Å². The van der Waals surface area contributed by atoms with E-state index in [1.165, 1.54) is 0 Å². The fourth-order valence-corrected chi connectivity index (χ4v) is 2.58. The van der Waals surface area contributed by atoms with Crippen LogP contribution >= 0.6 is 0 Å². The molecule has 2 N–H and O–H groups in total. The highest BCUT2D eigenvalue weighted by atomic mass is 16.5. The molecule has 1 heterocycles. The zero-order valence-corrected chi connectivity index (χ0v) is 12.9. The highest BCUT2D eigenvalue weighted by Gasteiger charge is 2.15. The molecule has 5 heteroatoms. The molecule has 0 unspecified atom stereocenters. The van der Waals surface area contributed by atoms with Crippen molar-refractivity contribution >= 4 is 11.8 Å². The van der Waals surface area contributed by atoms with Gasteiger partial charge in [0, 0.05) is 31.1 Å². The highest BCUT2D eigenvalue weighted by Crippen LogP contribution is 2.25. The molecule has 2 amide bonds. The first-order chi connectivity index (χ1) is 11.2. The molecule has 0 saturated heterocycles. The monoisotopic (exact) mass is 310 g/mol. The van der Waals surface area contributed by atoms with E-state index in [0.717, 1.165) is 23.3 Å². The van der Waals surface area contributed by atoms with E-state index in [1.807, 2.05) is 18.2 Å². The van der Waals surface area contributed by atoms with Crippen LogP contribution in [0.1, 0.15) is 31.8 Å². The average Bonchev–Trinajstić information content (AvgIpc) is 3.06. The molecule has 2 aromatic carbocycles. The lowest BCUT2D eigenvalue weighted by molar-refractivity contribution is 0.0948. The van der Waals surface area contributed by atoms with E-state index in [4.69, 9.17) is 4.74 Å². The minimum Gasteiger partial charge on any atom is -0.493 e. The van der Waals surface area contributed by atoms with Crippen LogP contribution in [0, 0.1) is 0 Å². The Bertz CT molecular complexity index is 756. The van der Waals surface area contributed by atoms with Gasteiger partial charge in [-0.3, -0.25) is 9.59 Å². The topological polar surface area (TPSA) is 67.4 Å². The maximum atomic E-state index is 12.3. The summed E-state index contributed by atoms with van der Waals surface area (Å²) in [4.78, 5) is 23.9. The van der Waals surface area contributed by atoms with Gasteiger partial charge in [0.25, 0.3) is 11.8 Å². The van der Waals surface area contributed by atoms with Crippen LogP contribution in [-0.2, 0) is 13.0 Å². The smallest absolute Gasteiger partial charge is 0.251 e. The molecule has 1 aliphatic rings. The number of benzene rings is 2. The minimum absolute atomic E-state index is 0.134. The summed E-state index contributed by atoms with van der Waals surface area (Å²) in [6.45, 7) is 1.05. The lowest BCUT2D eigenvalue weighted by Gasteiger charge is -2.08. The molecule has 23 heavy (non-hydrogen) atoms. The molecule has 0 fully saturated rings. The third-order valence-electron chi connectivity index (χ3n) is 3.82. The predicted molar refractivity (Wildman–Crippen MR) is 86.6 cm³/mol. The third-order valence-corrected chi connectivity index (χ3v) is 3.82. The van der Waals surface area contributed by atoms with Crippen LogP contribution in [0.15, 0.2) is 42.5 Å². The van der Waals surface area contributed by atoms with Crippen molar-refractivity contribution in [1.29, 1.82) is 0 Å². The Hall–Kier alpha value is -2.82. The Morgan fingerprint density at radius 2 is 1.91 bits per heavy atom. The maximum absolute atomic E-state index is 12.3. The number of carbonyl (C=O) groups is 2. The van der Waals surface area contributed by atoms with Crippen LogP contribution in [0.25, 0.3) is 0 Å². The van der Waals surface area contributed by atoms with Crippen molar-refractivity contribution in [3.8, 4) is 5.75 Å². The first kappa shape index (κ1) is 15.1. The van der Waals surface area contributed by atoms with Crippen molar-refractivity contribution in [2.45, 2.75) is 13.0 Å². The first-order valence-corrected chi connectivity index (χ1v) is 7.52. The molecule has 3 rings (SSSR count). The fourth-order valence-electron chi connectivity index (χ4n) is 2.58. The van der Waals surface area contributed by atoms with Gasteiger partial charge in [-0.05, 0) is 41.5 Å². The summed E-state index contributed by atoms with van der Waals surface area (Å²) in [5.74, 6) is 0.585. The molecule has 5 nitrogen and oxygen atoms in total. The molecule has 0 aliphatic carbocycles. The van der Waals surface area contributed by atoms with Crippen molar-refractivity contribution in [2.24, 2.45) is 0 Å². The van der Waals surface area contributed by atoms with Crippen LogP contribution in [-0.4, -0.2) is 25.5 Å². The van der Waals surface area contributed by atoms with Crippen molar-refractivity contribution in [2.75, 3.05) is 13.7 Å². The van der Waals surface area contributed by atoms with Gasteiger partial charge in [-0.2, -0.15) is 0 Å². The number of amides is 2. The second-order valence-electron chi connectivity index (χ2n) is 5.38. The normalized spacial score (nSPS) is 12.2. The number of carbonyl (C=O) groups excluding carboxylic acids is 2. The lowest BCUT2D eigenvalue weighted by Crippen LogP contribution is -2.23. The van der Waals surface area contributed by atoms with E-state index in [1.54, 1.807) is 31.3 Å². The van der Waals surface area contributed by atoms with Crippen molar-refractivity contribution < 1.29 is 14.3 Å². The summed E-state index contributed by atoms with van der Waals surface area (Å²) in [5.41, 5.74) is 3.15. The second kappa shape index (κ2) is 6.52. The van der Waals surface area contributed by atoms with Crippen LogP contribution in [0.4, 0.5) is 0 Å². The van der Waals surface area contributed by atoms with Gasteiger partial charge in [-0.15, -0.1) is 0 Å². The number of rotatable bonds is 4. The number of fused-ring (bicyclic) bond motifs is 1. The molecule has 1 aliphatic heterocycles. The molecular formula is C18H18N2O3. The summed E-state index contributed by atoms with van der Waals surface area (Å²) in [6, 6.07) is 12.7. The number of ether oxygens (including phenoxy) is 1. The second-order valence-corrected chi connectivity index (χ2v) is 5.38. The number of nitrogens with one attached hydrogen (secondary N) is 2. The summed E-state index contributed by atoms with van der Waals surface area (Å²) in [6.07, 6.45) is 0.838. The van der Waals surface area contributed by atoms with Crippen LogP contribution in [0.3, 0.4) is 0 Å². The van der Waals surface area contributed by atoms with E-state index >= 15 is 0 Å². The SMILES string of the molecule is CNC(=O)c1cccc(CNC(=O)c2ccc3c(c2)CCO3)c1. The molecule has 2 aromatic rings. The summed E-state index contributed by atoms with van der Waals surface area (Å²) < 4.78 is 5.44. The maximum Gasteiger partial charge on any atom is 0.251 e. The van der Waals surface area contributed by atoms with Gasteiger partial charge in [0.15, 0.2) is 0 Å². The van der Waals surface area contributed by atoms with Gasteiger partial charge in [0.2, 0.25) is 0 Å². The van der Waals surface area contributed by atoms with E-state index < -0.39 is 0 Å². The molecule has 0 spiro atoms. The quantitative estimate of drug-likeness (QED) is 0.906. The fraction of sp³-hybridized carbons (Fsp3) is 0.222. The van der Waals surface area contributed by atoms with Gasteiger partial charge in [-0.25, -0.2) is 0 Å². The molecular weight excluding hydrogens is 292 g/mol. The van der Waals surface area contributed by atoms with Crippen LogP contribution in [0.5, 0.6) is 5.75 Å². The molecule has 0 saturated carbocycles. The molecule has 0 radical (unpaired) electrons. The number of hydrogen-bond donors (Lipinski definition) is 2. The molecule has 0 atom stereocenters. The minimum atomic E-state index is -0.142. The molecule has 118 valence electrons. The van der Waals surface area contributed by atoms with Gasteiger partial charge in [0.1, 0.15) is 5.75 Å². The zero-order chi connectivity index (χ0) is 16.2. The molecule has 0 bridgehead atoms. The summed E-state index contributed by atoms with van der Waals surface area (Å²) in [7, 11) is 1.59. The van der Waals surface area contributed by atoms with Crippen LogP contribution < -0.4 is 15.4 Å². The zero-order valence-electron chi connectivity index (χ0n) is 12.9. The Balaban J connectivity index is 1.66. The van der Waals surface area contributed by atoms with Crippen molar-refractivity contribution in [1.82, 2.24) is 10.6 Å². The standard InChI is InChI=1S/C18H18N2O3/c1-19-17(21)14-4-2-3-12(9-14)11-20-18(22)15-5-6-16-13(10-15)7-8-23-16/h2-6,9-10H,7-8,11H2,1H3,(H,19,21)(H,20,22). The lowest BCUT2D eigenvalue weighted by atomic mass is 10.1. The summed E-state index contributed by atoms with van der Waals surface area (Å²) >= 11 is 0. The van der Waals surface area contributed by atoms with E-state index in [-0.39, 0.29) is 11.8 Å². The van der Waals surface area contributed by atoms with Gasteiger partial charge in [-0.1, -0.05) is 12.1 Å². The number of hydrogen-bond acceptors (Lipinski definition) is 3. The summed E-state index contributed by atoms with van der Waals surface area (Å²) in [5, 5.41) is 5.46. The third kappa shape index (κ3) is 3.34. The predicted octanol–water partition coefficient (Wildman–Crippen LogP) is 1.91. The van der Waals surface area contributed by atoms with Crippen LogP contribution in [0.2, 0.25) is 0 Å². The van der Waals surface area contributed by atoms with E-state index in [9.17, 15) is 9.59 Å². The van der Waals surface area contributed by atoms with Crippen molar-refractivity contribution in [3.05, 3.63) is 64.7 Å². The Morgan fingerprint density at radius 1 is 1.09 bits per heavy atom. The Kier molecular flexibility index (Phi) is 4.28. The van der Waals surface area contributed by atoms with Gasteiger partial charge >= 0.3 is 0 Å². The largest absolute Gasteiger partial charge is 0.493 e. The Labute approximate surface area is 134 Å². The average molecular weight is 310 g/mol.